The summed E-state index contributed by atoms with van der Waals surface area (Å²) in [6.07, 6.45) is 5.83. The van der Waals surface area contributed by atoms with E-state index in [9.17, 15) is 8.42 Å². The lowest BCUT2D eigenvalue weighted by Gasteiger charge is -2.17. The van der Waals surface area contributed by atoms with Gasteiger partial charge < -0.3 is 4.74 Å². The third-order valence-corrected chi connectivity index (χ3v) is 4.13. The Kier molecular flexibility index (Phi) is 5.36. The zero-order chi connectivity index (χ0) is 11.3. The topological polar surface area (TPSA) is 43.4 Å². The summed E-state index contributed by atoms with van der Waals surface area (Å²) in [4.78, 5) is 0. The molecule has 0 N–H and O–H groups in total. The van der Waals surface area contributed by atoms with E-state index in [0.717, 1.165) is 19.3 Å². The third-order valence-electron chi connectivity index (χ3n) is 2.88. The van der Waals surface area contributed by atoms with Crippen LogP contribution in [0.4, 0.5) is 0 Å². The van der Waals surface area contributed by atoms with Crippen molar-refractivity contribution in [2.75, 3.05) is 12.4 Å². The molecule has 5 heteroatoms. The van der Waals surface area contributed by atoms with Gasteiger partial charge >= 0.3 is 0 Å². The average molecular weight is 255 g/mol. The second kappa shape index (κ2) is 6.06. The molecule has 90 valence electrons. The molecule has 1 atom stereocenters. The number of ether oxygens (including phenoxy) is 1. The minimum Gasteiger partial charge on any atom is -0.378 e. The van der Waals surface area contributed by atoms with Crippen molar-refractivity contribution in [3.05, 3.63) is 0 Å². The van der Waals surface area contributed by atoms with Crippen LogP contribution in [0.1, 0.15) is 39.0 Å². The van der Waals surface area contributed by atoms with Crippen molar-refractivity contribution in [2.45, 2.75) is 45.1 Å². The fourth-order valence-corrected chi connectivity index (χ4v) is 3.32. The van der Waals surface area contributed by atoms with E-state index in [4.69, 9.17) is 15.4 Å². The molecule has 0 saturated heterocycles. The smallest absolute Gasteiger partial charge is 0.232 e. The highest BCUT2D eigenvalue weighted by Gasteiger charge is 2.20. The molecule has 1 saturated carbocycles. The molecule has 0 amide bonds. The lowest BCUT2D eigenvalue weighted by Crippen LogP contribution is -2.20. The number of halogens is 1. The molecule has 0 spiro atoms. The molecule has 0 aromatic rings. The maximum Gasteiger partial charge on any atom is 0.232 e. The van der Waals surface area contributed by atoms with Gasteiger partial charge in [0, 0.05) is 10.7 Å². The van der Waals surface area contributed by atoms with Crippen LogP contribution in [0.5, 0.6) is 0 Å². The minimum atomic E-state index is -3.39. The first-order valence-corrected chi connectivity index (χ1v) is 8.03. The molecule has 0 bridgehead atoms. The van der Waals surface area contributed by atoms with Gasteiger partial charge in [0.2, 0.25) is 9.05 Å². The Morgan fingerprint density at radius 1 is 1.40 bits per heavy atom. The second-order valence-corrected chi connectivity index (χ2v) is 7.04. The van der Waals surface area contributed by atoms with Gasteiger partial charge in [-0.05, 0) is 18.8 Å². The molecule has 1 aliphatic rings. The van der Waals surface area contributed by atoms with Crippen LogP contribution in [0.3, 0.4) is 0 Å². The van der Waals surface area contributed by atoms with Gasteiger partial charge in [-0.25, -0.2) is 8.42 Å². The van der Waals surface area contributed by atoms with E-state index >= 15 is 0 Å². The first-order valence-electron chi connectivity index (χ1n) is 5.55. The van der Waals surface area contributed by atoms with Crippen LogP contribution in [0.15, 0.2) is 0 Å². The maximum absolute atomic E-state index is 10.9. The van der Waals surface area contributed by atoms with E-state index in [-0.39, 0.29) is 11.7 Å². The van der Waals surface area contributed by atoms with Gasteiger partial charge in [-0.15, -0.1) is 0 Å². The van der Waals surface area contributed by atoms with E-state index in [2.05, 4.69) is 0 Å². The molecular weight excluding hydrogens is 236 g/mol. The number of hydrogen-bond acceptors (Lipinski definition) is 3. The maximum atomic E-state index is 10.9. The van der Waals surface area contributed by atoms with Gasteiger partial charge in [0.15, 0.2) is 0 Å². The molecule has 0 aliphatic heterocycles. The monoisotopic (exact) mass is 254 g/mol. The Morgan fingerprint density at radius 2 is 2.00 bits per heavy atom. The van der Waals surface area contributed by atoms with Gasteiger partial charge in [-0.1, -0.05) is 26.2 Å². The van der Waals surface area contributed by atoms with Crippen molar-refractivity contribution in [1.29, 1.82) is 0 Å². The third kappa shape index (κ3) is 5.73. The van der Waals surface area contributed by atoms with Crippen LogP contribution in [0.25, 0.3) is 0 Å². The average Bonchev–Trinajstić information content (AvgIpc) is 2.62. The quantitative estimate of drug-likeness (QED) is 0.684. The first-order chi connectivity index (χ1) is 7.01. The molecule has 15 heavy (non-hydrogen) atoms. The molecule has 0 aromatic carbocycles. The van der Waals surface area contributed by atoms with Crippen LogP contribution in [-0.4, -0.2) is 26.9 Å². The van der Waals surface area contributed by atoms with E-state index < -0.39 is 9.05 Å². The second-order valence-electron chi connectivity index (χ2n) is 4.22. The van der Waals surface area contributed by atoms with Crippen molar-refractivity contribution in [1.82, 2.24) is 0 Å². The summed E-state index contributed by atoms with van der Waals surface area (Å²) in [5.41, 5.74) is 0. The predicted molar refractivity (Wildman–Crippen MR) is 61.6 cm³/mol. The summed E-state index contributed by atoms with van der Waals surface area (Å²) in [7, 11) is 1.83. The van der Waals surface area contributed by atoms with Gasteiger partial charge in [0.1, 0.15) is 0 Å². The van der Waals surface area contributed by atoms with Gasteiger partial charge in [0.25, 0.3) is 0 Å². The Bertz CT molecular complexity index is 270. The molecule has 1 unspecified atom stereocenters. The summed E-state index contributed by atoms with van der Waals surface area (Å²) in [6.45, 7) is 2.48. The van der Waals surface area contributed by atoms with Crippen molar-refractivity contribution in [2.24, 2.45) is 5.92 Å². The summed E-state index contributed by atoms with van der Waals surface area (Å²) in [6, 6.07) is 0. The van der Waals surface area contributed by atoms with E-state index in [1.54, 1.807) is 0 Å². The SMILES string of the molecule is CCC(COC1CCCC1)CS(=O)(=O)Cl. The highest BCUT2D eigenvalue weighted by atomic mass is 35.7. The highest BCUT2D eigenvalue weighted by Crippen LogP contribution is 2.22. The van der Waals surface area contributed by atoms with Gasteiger partial charge in [0.05, 0.1) is 18.5 Å². The Balaban J connectivity index is 2.27. The van der Waals surface area contributed by atoms with Crippen molar-refractivity contribution < 1.29 is 13.2 Å². The number of hydrogen-bond donors (Lipinski definition) is 0. The van der Waals surface area contributed by atoms with Crippen molar-refractivity contribution in [3.8, 4) is 0 Å². The number of rotatable bonds is 6. The van der Waals surface area contributed by atoms with Crippen molar-refractivity contribution >= 4 is 19.7 Å². The predicted octanol–water partition coefficient (Wildman–Crippen LogP) is 2.54. The van der Waals surface area contributed by atoms with Gasteiger partial charge in [-0.2, -0.15) is 0 Å². The molecular formula is C10H19ClO3S. The molecule has 0 heterocycles. The molecule has 1 rings (SSSR count). The van der Waals surface area contributed by atoms with Crippen LogP contribution >= 0.6 is 10.7 Å². The minimum absolute atomic E-state index is 0.0256. The highest BCUT2D eigenvalue weighted by molar-refractivity contribution is 8.13. The van der Waals surface area contributed by atoms with Crippen molar-refractivity contribution in [3.63, 3.8) is 0 Å². The molecule has 0 radical (unpaired) electrons. The molecule has 3 nitrogen and oxygen atoms in total. The zero-order valence-corrected chi connectivity index (χ0v) is 10.7. The fraction of sp³-hybridized carbons (Fsp3) is 1.00. The normalized spacial score (nSPS) is 20.7. The van der Waals surface area contributed by atoms with Crippen LogP contribution < -0.4 is 0 Å². The first kappa shape index (κ1) is 13.3. The van der Waals surface area contributed by atoms with E-state index in [1.807, 2.05) is 6.92 Å². The summed E-state index contributed by atoms with van der Waals surface area (Å²) >= 11 is 0. The van der Waals surface area contributed by atoms with Crippen LogP contribution in [0.2, 0.25) is 0 Å². The largest absolute Gasteiger partial charge is 0.378 e. The standard InChI is InChI=1S/C10H19ClO3S/c1-2-9(8-15(11,12)13)7-14-10-5-3-4-6-10/h9-10H,2-8H2,1H3. The summed E-state index contributed by atoms with van der Waals surface area (Å²) < 4.78 is 27.5. The van der Waals surface area contributed by atoms with Crippen LogP contribution in [0, 0.1) is 5.92 Å². The lowest BCUT2D eigenvalue weighted by atomic mass is 10.1. The zero-order valence-electron chi connectivity index (χ0n) is 9.12. The Morgan fingerprint density at radius 3 is 2.47 bits per heavy atom. The van der Waals surface area contributed by atoms with Crippen LogP contribution in [-0.2, 0) is 13.8 Å². The van der Waals surface area contributed by atoms with E-state index in [1.165, 1.54) is 12.8 Å². The lowest BCUT2D eigenvalue weighted by molar-refractivity contribution is 0.0371. The summed E-state index contributed by atoms with van der Waals surface area (Å²) in [5.74, 6) is 0.0608. The molecule has 0 aromatic heterocycles. The Hall–Kier alpha value is 0.200. The molecule has 1 aliphatic carbocycles. The molecule has 1 fully saturated rings. The fourth-order valence-electron chi connectivity index (χ4n) is 1.89. The summed E-state index contributed by atoms with van der Waals surface area (Å²) in [5, 5.41) is 0. The van der Waals surface area contributed by atoms with E-state index in [0.29, 0.717) is 12.7 Å². The van der Waals surface area contributed by atoms with Gasteiger partial charge in [-0.3, -0.25) is 0 Å². The Labute approximate surface area is 96.6 Å².